The van der Waals surface area contributed by atoms with Crippen LogP contribution in [0.4, 0.5) is 0 Å². The Morgan fingerprint density at radius 1 is 1.25 bits per heavy atom. The van der Waals surface area contributed by atoms with Crippen LogP contribution in [0.2, 0.25) is 0 Å². The second-order valence-electron chi connectivity index (χ2n) is 5.93. The molecule has 20 heavy (non-hydrogen) atoms. The van der Waals surface area contributed by atoms with Gasteiger partial charge in [0.25, 0.3) is 0 Å². The number of hydrogen-bond donors (Lipinski definition) is 2. The van der Waals surface area contributed by atoms with Crippen LogP contribution in [-0.2, 0) is 14.3 Å². The maximum atomic E-state index is 11.7. The fourth-order valence-electron chi connectivity index (χ4n) is 2.92. The van der Waals surface area contributed by atoms with Crippen molar-refractivity contribution in [1.82, 2.24) is 5.32 Å². The third-order valence-corrected chi connectivity index (χ3v) is 4.21. The molecule has 0 aromatic heterocycles. The molecule has 1 amide bonds. The zero-order valence-corrected chi connectivity index (χ0v) is 12.3. The lowest BCUT2D eigenvalue weighted by Crippen LogP contribution is -2.33. The number of nitrogens with two attached hydrogens (primary N) is 1. The van der Waals surface area contributed by atoms with E-state index in [1.54, 1.807) is 0 Å². The van der Waals surface area contributed by atoms with Gasteiger partial charge in [0.1, 0.15) is 0 Å². The first-order valence-electron chi connectivity index (χ1n) is 7.99. The maximum Gasteiger partial charge on any atom is 0.220 e. The van der Waals surface area contributed by atoms with Crippen molar-refractivity contribution in [2.75, 3.05) is 19.8 Å². The predicted octanol–water partition coefficient (Wildman–Crippen LogP) is 1.35. The highest BCUT2D eigenvalue weighted by atomic mass is 16.5. The van der Waals surface area contributed by atoms with Gasteiger partial charge in [-0.2, -0.15) is 0 Å². The van der Waals surface area contributed by atoms with Gasteiger partial charge in [0.05, 0.1) is 18.8 Å². The highest BCUT2D eigenvalue weighted by molar-refractivity contribution is 5.75. The van der Waals surface area contributed by atoms with Gasteiger partial charge in [0.15, 0.2) is 0 Å². The molecule has 116 valence electrons. The second-order valence-corrected chi connectivity index (χ2v) is 5.93. The van der Waals surface area contributed by atoms with Crippen molar-refractivity contribution in [2.45, 2.75) is 69.6 Å². The van der Waals surface area contributed by atoms with E-state index in [4.69, 9.17) is 15.2 Å². The summed E-state index contributed by atoms with van der Waals surface area (Å²) < 4.78 is 11.3. The zero-order valence-electron chi connectivity index (χ0n) is 12.3. The molecule has 2 rings (SSSR count). The summed E-state index contributed by atoms with van der Waals surface area (Å²) in [5.74, 6) is 0.106. The maximum absolute atomic E-state index is 11.7. The Morgan fingerprint density at radius 3 is 2.75 bits per heavy atom. The van der Waals surface area contributed by atoms with Gasteiger partial charge in [-0.3, -0.25) is 4.79 Å². The van der Waals surface area contributed by atoms with E-state index in [9.17, 15) is 4.79 Å². The lowest BCUT2D eigenvalue weighted by atomic mass is 9.94. The third-order valence-electron chi connectivity index (χ3n) is 4.21. The summed E-state index contributed by atoms with van der Waals surface area (Å²) in [4.78, 5) is 11.7. The second kappa shape index (κ2) is 8.60. The average Bonchev–Trinajstić information content (AvgIpc) is 2.96. The van der Waals surface area contributed by atoms with E-state index in [0.29, 0.717) is 37.8 Å². The van der Waals surface area contributed by atoms with E-state index < -0.39 is 0 Å². The normalized spacial score (nSPS) is 30.4. The summed E-state index contributed by atoms with van der Waals surface area (Å²) in [6.45, 7) is 2.06. The van der Waals surface area contributed by atoms with Crippen LogP contribution in [0.25, 0.3) is 0 Å². The molecule has 1 aliphatic heterocycles. The molecule has 0 radical (unpaired) electrons. The number of amides is 1. The fraction of sp³-hybridized carbons (Fsp3) is 0.933. The summed E-state index contributed by atoms with van der Waals surface area (Å²) in [7, 11) is 0. The van der Waals surface area contributed by atoms with Crippen LogP contribution in [0.1, 0.15) is 51.4 Å². The summed E-state index contributed by atoms with van der Waals surface area (Å²) >= 11 is 0. The molecule has 3 N–H and O–H groups in total. The third kappa shape index (κ3) is 5.77. The van der Waals surface area contributed by atoms with Crippen molar-refractivity contribution < 1.29 is 14.3 Å². The van der Waals surface area contributed by atoms with Crippen LogP contribution in [0.5, 0.6) is 0 Å². The van der Waals surface area contributed by atoms with E-state index >= 15 is 0 Å². The van der Waals surface area contributed by atoms with Crippen LogP contribution in [0.15, 0.2) is 0 Å². The molecule has 1 heterocycles. The standard InChI is InChI=1S/C15H28N2O3/c16-12-3-5-14(6-4-12)20-11-9-17-15(18)8-7-13-2-1-10-19-13/h12-14H,1-11,16H2,(H,17,18). The van der Waals surface area contributed by atoms with Gasteiger partial charge in [-0.1, -0.05) is 0 Å². The van der Waals surface area contributed by atoms with Crippen LogP contribution in [0, 0.1) is 0 Å². The monoisotopic (exact) mass is 284 g/mol. The van der Waals surface area contributed by atoms with E-state index in [0.717, 1.165) is 51.6 Å². The van der Waals surface area contributed by atoms with Gasteiger partial charge in [0, 0.05) is 25.6 Å². The largest absolute Gasteiger partial charge is 0.378 e. The van der Waals surface area contributed by atoms with Gasteiger partial charge in [-0.15, -0.1) is 0 Å². The minimum Gasteiger partial charge on any atom is -0.378 e. The van der Waals surface area contributed by atoms with Gasteiger partial charge < -0.3 is 20.5 Å². The van der Waals surface area contributed by atoms with Gasteiger partial charge >= 0.3 is 0 Å². The first kappa shape index (κ1) is 15.7. The van der Waals surface area contributed by atoms with Crippen LogP contribution < -0.4 is 11.1 Å². The van der Waals surface area contributed by atoms with Crippen LogP contribution in [-0.4, -0.2) is 43.9 Å². The first-order chi connectivity index (χ1) is 9.74. The van der Waals surface area contributed by atoms with Gasteiger partial charge in [-0.05, 0) is 44.9 Å². The van der Waals surface area contributed by atoms with Crippen molar-refractivity contribution in [3.05, 3.63) is 0 Å². The summed E-state index contributed by atoms with van der Waals surface area (Å²) in [5, 5.41) is 2.91. The Balaban J connectivity index is 1.44. The van der Waals surface area contributed by atoms with Crippen molar-refractivity contribution in [3.8, 4) is 0 Å². The van der Waals surface area contributed by atoms with Crippen molar-refractivity contribution in [1.29, 1.82) is 0 Å². The predicted molar refractivity (Wildman–Crippen MR) is 77.4 cm³/mol. The van der Waals surface area contributed by atoms with E-state index in [2.05, 4.69) is 5.32 Å². The Labute approximate surface area is 121 Å². The molecule has 0 bridgehead atoms. The van der Waals surface area contributed by atoms with Crippen molar-refractivity contribution >= 4 is 5.91 Å². The highest BCUT2D eigenvalue weighted by Gasteiger charge is 2.19. The molecule has 1 aliphatic carbocycles. The molecule has 0 aromatic rings. The quantitative estimate of drug-likeness (QED) is 0.692. The van der Waals surface area contributed by atoms with Crippen molar-refractivity contribution in [2.24, 2.45) is 5.73 Å². The minimum absolute atomic E-state index is 0.106. The smallest absolute Gasteiger partial charge is 0.220 e. The molecule has 0 spiro atoms. The lowest BCUT2D eigenvalue weighted by molar-refractivity contribution is -0.122. The first-order valence-corrected chi connectivity index (χ1v) is 7.99. The Morgan fingerprint density at radius 2 is 2.05 bits per heavy atom. The molecular formula is C15H28N2O3. The molecule has 2 fully saturated rings. The molecule has 1 atom stereocenters. The topological polar surface area (TPSA) is 73.6 Å². The summed E-state index contributed by atoms with van der Waals surface area (Å²) in [5.41, 5.74) is 5.85. The number of ether oxygens (including phenoxy) is 2. The number of hydrogen-bond acceptors (Lipinski definition) is 4. The molecule has 5 heteroatoms. The Kier molecular flexibility index (Phi) is 6.76. The lowest BCUT2D eigenvalue weighted by Gasteiger charge is -2.26. The Hall–Kier alpha value is -0.650. The average molecular weight is 284 g/mol. The van der Waals surface area contributed by atoms with Crippen molar-refractivity contribution in [3.63, 3.8) is 0 Å². The molecule has 2 aliphatic rings. The van der Waals surface area contributed by atoms with Gasteiger partial charge in [0.2, 0.25) is 5.91 Å². The molecule has 0 aromatic carbocycles. The zero-order chi connectivity index (χ0) is 14.2. The number of nitrogens with one attached hydrogen (secondary N) is 1. The molecule has 1 saturated carbocycles. The summed E-state index contributed by atoms with van der Waals surface area (Å²) in [6.07, 6.45) is 8.46. The number of rotatable bonds is 7. The molecule has 1 unspecified atom stereocenters. The molecule has 1 saturated heterocycles. The minimum atomic E-state index is 0.106. The van der Waals surface area contributed by atoms with Crippen LogP contribution >= 0.6 is 0 Å². The van der Waals surface area contributed by atoms with Crippen LogP contribution in [0.3, 0.4) is 0 Å². The SMILES string of the molecule is NC1CCC(OCCNC(=O)CCC2CCCO2)CC1. The highest BCUT2D eigenvalue weighted by Crippen LogP contribution is 2.19. The molecule has 5 nitrogen and oxygen atoms in total. The van der Waals surface area contributed by atoms with E-state index in [1.165, 1.54) is 0 Å². The fourth-order valence-corrected chi connectivity index (χ4v) is 2.92. The van der Waals surface area contributed by atoms with Gasteiger partial charge in [-0.25, -0.2) is 0 Å². The van der Waals surface area contributed by atoms with E-state index in [-0.39, 0.29) is 5.91 Å². The molecular weight excluding hydrogens is 256 g/mol. The number of carbonyl (C=O) groups excluding carboxylic acids is 1. The Bertz CT molecular complexity index is 285. The van der Waals surface area contributed by atoms with E-state index in [1.807, 2.05) is 0 Å². The summed E-state index contributed by atoms with van der Waals surface area (Å²) in [6, 6.07) is 0.354. The number of carbonyl (C=O) groups is 1.